The van der Waals surface area contributed by atoms with Crippen LogP contribution in [0.1, 0.15) is 0 Å². The zero-order valence-electron chi connectivity index (χ0n) is 30.1. The standard InChI is InChI=1S/C51H31N3S2/c1-4-13-32(14-5-1)34-23-25-36(26-24-34)50-52-49(35-17-8-3-9-18-35)53-51(54-50)37-27-28-39-40-20-12-21-41(48(40)56-45(39)30-37)43-29-38(33-15-6-2-7-16-33)31-46-47(43)42-19-10-11-22-44(42)55-46/h1-31H. The maximum Gasteiger partial charge on any atom is 0.164 e. The van der Waals surface area contributed by atoms with Crippen molar-refractivity contribution in [2.24, 2.45) is 0 Å². The molecule has 0 fully saturated rings. The lowest BCUT2D eigenvalue weighted by Crippen LogP contribution is -2.00. The highest BCUT2D eigenvalue weighted by Crippen LogP contribution is 2.47. The summed E-state index contributed by atoms with van der Waals surface area (Å²) in [5.41, 5.74) is 10.2. The quantitative estimate of drug-likeness (QED) is 0.170. The average molecular weight is 750 g/mol. The Balaban J connectivity index is 1.07. The molecule has 0 aliphatic carbocycles. The van der Waals surface area contributed by atoms with Gasteiger partial charge in [0.2, 0.25) is 0 Å². The van der Waals surface area contributed by atoms with Gasteiger partial charge in [0, 0.05) is 62.6 Å². The van der Waals surface area contributed by atoms with Crippen LogP contribution in [-0.4, -0.2) is 15.0 Å². The Morgan fingerprint density at radius 1 is 0.286 bits per heavy atom. The number of hydrogen-bond acceptors (Lipinski definition) is 5. The van der Waals surface area contributed by atoms with Gasteiger partial charge in [-0.15, -0.1) is 22.7 Å². The van der Waals surface area contributed by atoms with Crippen LogP contribution >= 0.6 is 22.7 Å². The highest BCUT2D eigenvalue weighted by molar-refractivity contribution is 7.27. The number of thiophene rings is 2. The summed E-state index contributed by atoms with van der Waals surface area (Å²) in [5.74, 6) is 1.96. The summed E-state index contributed by atoms with van der Waals surface area (Å²) >= 11 is 3.72. The molecule has 0 aliphatic rings. The van der Waals surface area contributed by atoms with Crippen LogP contribution in [-0.2, 0) is 0 Å². The number of aromatic nitrogens is 3. The fourth-order valence-corrected chi connectivity index (χ4v) is 10.2. The maximum atomic E-state index is 5.11. The van der Waals surface area contributed by atoms with Crippen molar-refractivity contribution in [3.8, 4) is 67.5 Å². The molecule has 11 aromatic rings. The van der Waals surface area contributed by atoms with E-state index < -0.39 is 0 Å². The van der Waals surface area contributed by atoms with Crippen LogP contribution in [0.15, 0.2) is 188 Å². The van der Waals surface area contributed by atoms with Crippen LogP contribution in [0, 0.1) is 0 Å². The highest BCUT2D eigenvalue weighted by atomic mass is 32.1. The minimum absolute atomic E-state index is 0.650. The van der Waals surface area contributed by atoms with E-state index in [1.807, 2.05) is 46.9 Å². The van der Waals surface area contributed by atoms with E-state index in [-0.39, 0.29) is 0 Å². The molecule has 0 saturated heterocycles. The fourth-order valence-electron chi connectivity index (χ4n) is 7.81. The Bertz CT molecular complexity index is 3220. The molecule has 0 N–H and O–H groups in total. The first-order valence-electron chi connectivity index (χ1n) is 18.7. The first-order chi connectivity index (χ1) is 27.7. The van der Waals surface area contributed by atoms with Crippen molar-refractivity contribution in [3.05, 3.63) is 188 Å². The molecular weight excluding hydrogens is 719 g/mol. The van der Waals surface area contributed by atoms with E-state index in [9.17, 15) is 0 Å². The van der Waals surface area contributed by atoms with E-state index in [4.69, 9.17) is 15.0 Å². The highest BCUT2D eigenvalue weighted by Gasteiger charge is 2.19. The first-order valence-corrected chi connectivity index (χ1v) is 20.3. The Labute approximate surface area is 331 Å². The van der Waals surface area contributed by atoms with Crippen LogP contribution in [0.2, 0.25) is 0 Å². The molecule has 0 aliphatic heterocycles. The van der Waals surface area contributed by atoms with Crippen molar-refractivity contribution in [3.63, 3.8) is 0 Å². The largest absolute Gasteiger partial charge is 0.208 e. The van der Waals surface area contributed by atoms with Crippen molar-refractivity contribution in [1.82, 2.24) is 15.0 Å². The van der Waals surface area contributed by atoms with E-state index in [2.05, 4.69) is 164 Å². The Morgan fingerprint density at radius 2 is 0.804 bits per heavy atom. The van der Waals surface area contributed by atoms with Gasteiger partial charge in [0.1, 0.15) is 0 Å². The van der Waals surface area contributed by atoms with Crippen LogP contribution in [0.4, 0.5) is 0 Å². The Morgan fingerprint density at radius 3 is 1.52 bits per heavy atom. The second kappa shape index (κ2) is 13.5. The summed E-state index contributed by atoms with van der Waals surface area (Å²) in [6, 6.07) is 66.8. The zero-order chi connectivity index (χ0) is 37.0. The van der Waals surface area contributed by atoms with Crippen LogP contribution in [0.3, 0.4) is 0 Å². The lowest BCUT2D eigenvalue weighted by molar-refractivity contribution is 1.07. The average Bonchev–Trinajstić information content (AvgIpc) is 3.85. The molecule has 11 rings (SSSR count). The van der Waals surface area contributed by atoms with Gasteiger partial charge >= 0.3 is 0 Å². The molecule has 262 valence electrons. The van der Waals surface area contributed by atoms with Crippen LogP contribution in [0.25, 0.3) is 108 Å². The lowest BCUT2D eigenvalue weighted by Gasteiger charge is -2.10. The Hall–Kier alpha value is -6.79. The molecule has 3 heterocycles. The molecule has 3 aromatic heterocycles. The third-order valence-electron chi connectivity index (χ3n) is 10.6. The molecule has 0 radical (unpaired) electrons. The van der Waals surface area contributed by atoms with E-state index >= 15 is 0 Å². The van der Waals surface area contributed by atoms with E-state index in [0.29, 0.717) is 17.5 Å². The van der Waals surface area contributed by atoms with Crippen molar-refractivity contribution in [2.75, 3.05) is 0 Å². The summed E-state index contributed by atoms with van der Waals surface area (Å²) in [5, 5.41) is 5.11. The SMILES string of the molecule is c1ccc(-c2ccc(-c3nc(-c4ccccc4)nc(-c4ccc5c(c4)sc4c(-c6cc(-c7ccccc7)cc7sc8ccccc8c67)cccc45)n3)cc2)cc1. The molecule has 56 heavy (non-hydrogen) atoms. The lowest BCUT2D eigenvalue weighted by atomic mass is 9.94. The van der Waals surface area contributed by atoms with Gasteiger partial charge in [-0.2, -0.15) is 0 Å². The summed E-state index contributed by atoms with van der Waals surface area (Å²) in [6.07, 6.45) is 0. The number of nitrogens with zero attached hydrogens (tertiary/aromatic N) is 3. The van der Waals surface area contributed by atoms with Crippen molar-refractivity contribution in [1.29, 1.82) is 0 Å². The summed E-state index contributed by atoms with van der Waals surface area (Å²) in [7, 11) is 0. The molecule has 0 atom stereocenters. The third kappa shape index (κ3) is 5.68. The molecule has 0 amide bonds. The second-order valence-electron chi connectivity index (χ2n) is 14.0. The maximum absolute atomic E-state index is 5.11. The fraction of sp³-hybridized carbons (Fsp3) is 0. The van der Waals surface area contributed by atoms with E-state index in [1.165, 1.54) is 68.2 Å². The van der Waals surface area contributed by atoms with Gasteiger partial charge in [-0.05, 0) is 52.1 Å². The van der Waals surface area contributed by atoms with Crippen LogP contribution in [0.5, 0.6) is 0 Å². The minimum Gasteiger partial charge on any atom is -0.208 e. The van der Waals surface area contributed by atoms with E-state index in [1.54, 1.807) is 0 Å². The van der Waals surface area contributed by atoms with Crippen molar-refractivity contribution >= 4 is 63.0 Å². The molecular formula is C51H31N3S2. The molecule has 3 nitrogen and oxygen atoms in total. The molecule has 8 aromatic carbocycles. The van der Waals surface area contributed by atoms with Crippen LogP contribution < -0.4 is 0 Å². The molecule has 0 bridgehead atoms. The predicted molar refractivity (Wildman–Crippen MR) is 238 cm³/mol. The molecule has 0 unspecified atom stereocenters. The normalized spacial score (nSPS) is 11.6. The second-order valence-corrected chi connectivity index (χ2v) is 16.1. The van der Waals surface area contributed by atoms with Gasteiger partial charge < -0.3 is 0 Å². The number of rotatable bonds is 6. The van der Waals surface area contributed by atoms with Gasteiger partial charge in [-0.25, -0.2) is 15.0 Å². The van der Waals surface area contributed by atoms with Crippen molar-refractivity contribution < 1.29 is 0 Å². The monoisotopic (exact) mass is 749 g/mol. The van der Waals surface area contributed by atoms with Gasteiger partial charge in [0.05, 0.1) is 0 Å². The first kappa shape index (κ1) is 32.6. The number of fused-ring (bicyclic) bond motifs is 6. The van der Waals surface area contributed by atoms with Gasteiger partial charge in [0.25, 0.3) is 0 Å². The van der Waals surface area contributed by atoms with Gasteiger partial charge in [-0.3, -0.25) is 0 Å². The van der Waals surface area contributed by atoms with Gasteiger partial charge in [0.15, 0.2) is 17.5 Å². The van der Waals surface area contributed by atoms with Gasteiger partial charge in [-0.1, -0.05) is 164 Å². The minimum atomic E-state index is 0.650. The summed E-state index contributed by atoms with van der Waals surface area (Å²) in [6.45, 7) is 0. The smallest absolute Gasteiger partial charge is 0.164 e. The molecule has 0 saturated carbocycles. The summed E-state index contributed by atoms with van der Waals surface area (Å²) < 4.78 is 5.09. The summed E-state index contributed by atoms with van der Waals surface area (Å²) in [4.78, 5) is 15.2. The van der Waals surface area contributed by atoms with E-state index in [0.717, 1.165) is 22.3 Å². The zero-order valence-corrected chi connectivity index (χ0v) is 31.7. The Kier molecular flexibility index (Phi) is 7.87. The third-order valence-corrected chi connectivity index (χ3v) is 12.9. The number of benzene rings is 8. The number of hydrogen-bond donors (Lipinski definition) is 0. The molecule has 5 heteroatoms. The molecule has 0 spiro atoms. The predicted octanol–water partition coefficient (Wildman–Crippen LogP) is 14.6. The topological polar surface area (TPSA) is 38.7 Å². The van der Waals surface area contributed by atoms with Crippen molar-refractivity contribution in [2.45, 2.75) is 0 Å².